The Labute approximate surface area is 166 Å². The molecule has 0 aromatic heterocycles. The number of hydrogen-bond donors (Lipinski definition) is 1. The van der Waals surface area contributed by atoms with Gasteiger partial charge in [0.1, 0.15) is 0 Å². The zero-order valence-electron chi connectivity index (χ0n) is 15.0. The maximum atomic E-state index is 13.2. The molecule has 3 rings (SSSR count). The number of ether oxygens (including phenoxy) is 1. The van der Waals surface area contributed by atoms with Crippen LogP contribution in [0.25, 0.3) is 0 Å². The van der Waals surface area contributed by atoms with Crippen molar-refractivity contribution in [2.24, 2.45) is 0 Å². The summed E-state index contributed by atoms with van der Waals surface area (Å²) < 4.78 is 45.0. The second-order valence-corrected chi connectivity index (χ2v) is 6.85. The molecule has 0 saturated carbocycles. The molecule has 4 nitrogen and oxygen atoms in total. The lowest BCUT2D eigenvalue weighted by molar-refractivity contribution is -0.137. The minimum atomic E-state index is -4.60. The fourth-order valence-corrected chi connectivity index (χ4v) is 3.54. The van der Waals surface area contributed by atoms with Gasteiger partial charge in [-0.2, -0.15) is 13.2 Å². The molecular formula is C20H20ClF3N2O2. The molecule has 0 bridgehead atoms. The molecule has 1 amide bonds. The van der Waals surface area contributed by atoms with Crippen LogP contribution in [0, 0.1) is 0 Å². The van der Waals surface area contributed by atoms with Crippen LogP contribution in [0.15, 0.2) is 48.5 Å². The van der Waals surface area contributed by atoms with Crippen LogP contribution in [0.3, 0.4) is 0 Å². The molecule has 150 valence electrons. The van der Waals surface area contributed by atoms with E-state index in [0.717, 1.165) is 11.6 Å². The van der Waals surface area contributed by atoms with E-state index in [0.29, 0.717) is 31.3 Å². The van der Waals surface area contributed by atoms with Gasteiger partial charge in [0.15, 0.2) is 0 Å². The van der Waals surface area contributed by atoms with Crippen LogP contribution in [0.4, 0.5) is 13.2 Å². The highest BCUT2D eigenvalue weighted by Gasteiger charge is 2.35. The average molecular weight is 413 g/mol. The van der Waals surface area contributed by atoms with Gasteiger partial charge < -0.3 is 10.1 Å². The third kappa shape index (κ3) is 4.84. The first-order valence-corrected chi connectivity index (χ1v) is 9.26. The highest BCUT2D eigenvalue weighted by Crippen LogP contribution is 2.32. The van der Waals surface area contributed by atoms with Crippen LogP contribution in [-0.2, 0) is 10.9 Å². The highest BCUT2D eigenvalue weighted by molar-refractivity contribution is 6.31. The van der Waals surface area contributed by atoms with Crippen molar-refractivity contribution < 1.29 is 22.7 Å². The van der Waals surface area contributed by atoms with Gasteiger partial charge in [0, 0.05) is 24.7 Å². The van der Waals surface area contributed by atoms with Gasteiger partial charge in [-0.15, -0.1) is 0 Å². The number of hydrogen-bond acceptors (Lipinski definition) is 3. The van der Waals surface area contributed by atoms with E-state index in [4.69, 9.17) is 16.3 Å². The summed E-state index contributed by atoms with van der Waals surface area (Å²) in [5.74, 6) is -0.766. The molecular weight excluding hydrogens is 393 g/mol. The van der Waals surface area contributed by atoms with Crippen molar-refractivity contribution in [2.45, 2.75) is 12.2 Å². The Kier molecular flexibility index (Phi) is 6.59. The van der Waals surface area contributed by atoms with E-state index in [1.54, 1.807) is 12.1 Å². The minimum absolute atomic E-state index is 0.134. The molecule has 1 atom stereocenters. The summed E-state index contributed by atoms with van der Waals surface area (Å²) >= 11 is 6.34. The minimum Gasteiger partial charge on any atom is -0.379 e. The summed E-state index contributed by atoms with van der Waals surface area (Å²) in [5, 5.41) is 3.20. The van der Waals surface area contributed by atoms with Crippen molar-refractivity contribution in [1.29, 1.82) is 0 Å². The number of benzene rings is 2. The van der Waals surface area contributed by atoms with Gasteiger partial charge in [-0.1, -0.05) is 41.9 Å². The molecule has 1 aliphatic rings. The topological polar surface area (TPSA) is 41.6 Å². The largest absolute Gasteiger partial charge is 0.417 e. The molecule has 1 unspecified atom stereocenters. The standard InChI is InChI=1S/C20H20ClF3N2O2/c21-17-8-4-2-6-15(17)18(26-9-11-28-12-10-26)13-25-19(27)14-5-1-3-7-16(14)20(22,23)24/h1-8,18H,9-13H2,(H,25,27). The molecule has 0 aliphatic carbocycles. The average Bonchev–Trinajstić information content (AvgIpc) is 2.69. The number of amides is 1. The second kappa shape index (κ2) is 8.94. The number of alkyl halides is 3. The van der Waals surface area contributed by atoms with Gasteiger partial charge in [-0.25, -0.2) is 0 Å². The van der Waals surface area contributed by atoms with E-state index in [9.17, 15) is 18.0 Å². The molecule has 1 fully saturated rings. The first kappa shape index (κ1) is 20.6. The van der Waals surface area contributed by atoms with Crippen LogP contribution < -0.4 is 5.32 Å². The maximum absolute atomic E-state index is 13.2. The van der Waals surface area contributed by atoms with E-state index in [-0.39, 0.29) is 12.6 Å². The molecule has 0 spiro atoms. The summed E-state index contributed by atoms with van der Waals surface area (Å²) in [6.07, 6.45) is -4.60. The molecule has 2 aromatic rings. The van der Waals surface area contributed by atoms with Crippen LogP contribution >= 0.6 is 11.6 Å². The Morgan fingerprint density at radius 2 is 1.75 bits per heavy atom. The predicted octanol–water partition coefficient (Wildman–Crippen LogP) is 4.16. The molecule has 1 saturated heterocycles. The van der Waals surface area contributed by atoms with E-state index in [2.05, 4.69) is 10.2 Å². The normalized spacial score (nSPS) is 16.6. The highest BCUT2D eigenvalue weighted by atomic mass is 35.5. The van der Waals surface area contributed by atoms with E-state index < -0.39 is 23.2 Å². The summed E-state index contributed by atoms with van der Waals surface area (Å²) in [7, 11) is 0. The summed E-state index contributed by atoms with van der Waals surface area (Å²) in [6.45, 7) is 2.52. The molecule has 8 heteroatoms. The van der Waals surface area contributed by atoms with Gasteiger partial charge >= 0.3 is 6.18 Å². The predicted molar refractivity (Wildman–Crippen MR) is 100 cm³/mol. The molecule has 0 radical (unpaired) electrons. The van der Waals surface area contributed by atoms with Crippen molar-refractivity contribution in [1.82, 2.24) is 10.2 Å². The first-order chi connectivity index (χ1) is 13.4. The van der Waals surface area contributed by atoms with Crippen LogP contribution in [0.2, 0.25) is 5.02 Å². The maximum Gasteiger partial charge on any atom is 0.417 e. The van der Waals surface area contributed by atoms with E-state index >= 15 is 0 Å². The number of halogens is 4. The number of nitrogens with zero attached hydrogens (tertiary/aromatic N) is 1. The molecule has 1 N–H and O–H groups in total. The quantitative estimate of drug-likeness (QED) is 0.801. The monoisotopic (exact) mass is 412 g/mol. The van der Waals surface area contributed by atoms with Crippen molar-refractivity contribution >= 4 is 17.5 Å². The molecule has 1 heterocycles. The Balaban J connectivity index is 1.81. The number of nitrogens with one attached hydrogen (secondary N) is 1. The van der Waals surface area contributed by atoms with Crippen molar-refractivity contribution in [3.05, 3.63) is 70.2 Å². The fraction of sp³-hybridized carbons (Fsp3) is 0.350. The van der Waals surface area contributed by atoms with Gasteiger partial charge in [0.2, 0.25) is 0 Å². The Hall–Kier alpha value is -2.09. The SMILES string of the molecule is O=C(NCC(c1ccccc1Cl)N1CCOCC1)c1ccccc1C(F)(F)F. The van der Waals surface area contributed by atoms with Crippen molar-refractivity contribution in [2.75, 3.05) is 32.8 Å². The Bertz CT molecular complexity index is 823. The molecule has 2 aromatic carbocycles. The van der Waals surface area contributed by atoms with Crippen LogP contribution in [0.5, 0.6) is 0 Å². The van der Waals surface area contributed by atoms with Crippen molar-refractivity contribution in [3.8, 4) is 0 Å². The lowest BCUT2D eigenvalue weighted by atomic mass is 10.0. The van der Waals surface area contributed by atoms with Crippen molar-refractivity contribution in [3.63, 3.8) is 0 Å². The smallest absolute Gasteiger partial charge is 0.379 e. The number of rotatable bonds is 5. The zero-order valence-corrected chi connectivity index (χ0v) is 15.8. The van der Waals surface area contributed by atoms with E-state index in [1.807, 2.05) is 12.1 Å². The Morgan fingerprint density at radius 1 is 1.11 bits per heavy atom. The number of carbonyl (C=O) groups excluding carboxylic acids is 1. The second-order valence-electron chi connectivity index (χ2n) is 6.44. The summed E-state index contributed by atoms with van der Waals surface area (Å²) in [6, 6.07) is 11.8. The van der Waals surface area contributed by atoms with Gasteiger partial charge in [-0.3, -0.25) is 9.69 Å². The lowest BCUT2D eigenvalue weighted by Gasteiger charge is -2.35. The zero-order chi connectivity index (χ0) is 20.1. The van der Waals surface area contributed by atoms with Crippen LogP contribution in [-0.4, -0.2) is 43.7 Å². The third-order valence-corrected chi connectivity index (χ3v) is 5.03. The first-order valence-electron chi connectivity index (χ1n) is 8.88. The van der Waals surface area contributed by atoms with Gasteiger partial charge in [-0.05, 0) is 23.8 Å². The van der Waals surface area contributed by atoms with E-state index in [1.165, 1.54) is 18.2 Å². The number of carbonyl (C=O) groups is 1. The third-order valence-electron chi connectivity index (χ3n) is 4.68. The summed E-state index contributed by atoms with van der Waals surface area (Å²) in [5.41, 5.74) is -0.529. The van der Waals surface area contributed by atoms with Gasteiger partial charge in [0.25, 0.3) is 5.91 Å². The Morgan fingerprint density at radius 3 is 2.43 bits per heavy atom. The van der Waals surface area contributed by atoms with Gasteiger partial charge in [0.05, 0.1) is 30.4 Å². The number of morpholine rings is 1. The molecule has 28 heavy (non-hydrogen) atoms. The summed E-state index contributed by atoms with van der Waals surface area (Å²) in [4.78, 5) is 14.6. The molecule has 1 aliphatic heterocycles. The lowest BCUT2D eigenvalue weighted by Crippen LogP contribution is -2.44. The van der Waals surface area contributed by atoms with Crippen LogP contribution in [0.1, 0.15) is 27.5 Å². The fourth-order valence-electron chi connectivity index (χ4n) is 3.28.